The predicted molar refractivity (Wildman–Crippen MR) is 155 cm³/mol. The number of H-pyrrole nitrogens is 1. The number of Topliss-reactive ketones (excluding diaryl/α,β-unsaturated/α-hetero) is 1. The van der Waals surface area contributed by atoms with Gasteiger partial charge in [-0.2, -0.15) is 0 Å². The van der Waals surface area contributed by atoms with Gasteiger partial charge in [0.05, 0.1) is 11.1 Å². The fourth-order valence-corrected chi connectivity index (χ4v) is 7.89. The molecule has 42 heavy (non-hydrogen) atoms. The van der Waals surface area contributed by atoms with Crippen LogP contribution in [-0.2, 0) is 19.2 Å². The Labute approximate surface area is 252 Å². The molecule has 5 aliphatic rings. The first-order valence-corrected chi connectivity index (χ1v) is 15.6. The SMILES string of the molecule is O=C(NC1CC1)C(=O)C(C[C@H]1CC2(CC2)NC1=O)NC(=O)[C@@H]1[C@H]2CCC[C@H]2CN1C(=O)c1cc2c(Cl)cc(Cl)cc2[nH]1. The van der Waals surface area contributed by atoms with Crippen molar-refractivity contribution in [3.63, 3.8) is 0 Å². The quantitative estimate of drug-likeness (QED) is 0.339. The molecule has 10 nitrogen and oxygen atoms in total. The molecule has 7 rings (SSSR count). The lowest BCUT2D eigenvalue weighted by Crippen LogP contribution is -2.55. The molecule has 1 aromatic carbocycles. The highest BCUT2D eigenvalue weighted by molar-refractivity contribution is 6.39. The minimum absolute atomic E-state index is 0.0239. The number of hydrogen-bond donors (Lipinski definition) is 4. The van der Waals surface area contributed by atoms with E-state index in [0.717, 1.165) is 44.9 Å². The summed E-state index contributed by atoms with van der Waals surface area (Å²) in [5.41, 5.74) is 0.709. The van der Waals surface area contributed by atoms with Gasteiger partial charge in [-0.15, -0.1) is 0 Å². The number of carbonyl (C=O) groups excluding carboxylic acids is 5. The Morgan fingerprint density at radius 3 is 2.57 bits per heavy atom. The highest BCUT2D eigenvalue weighted by atomic mass is 35.5. The predicted octanol–water partition coefficient (Wildman–Crippen LogP) is 3.11. The van der Waals surface area contributed by atoms with Crippen LogP contribution >= 0.6 is 23.2 Å². The van der Waals surface area contributed by atoms with Crippen LogP contribution in [0.15, 0.2) is 18.2 Å². The van der Waals surface area contributed by atoms with Crippen LogP contribution in [0.2, 0.25) is 10.0 Å². The second-order valence-corrected chi connectivity index (χ2v) is 13.7. The molecule has 0 radical (unpaired) electrons. The Balaban J connectivity index is 1.14. The van der Waals surface area contributed by atoms with Crippen LogP contribution in [-0.4, -0.2) is 69.5 Å². The lowest BCUT2D eigenvalue weighted by Gasteiger charge is -2.29. The molecule has 3 aliphatic carbocycles. The van der Waals surface area contributed by atoms with Gasteiger partial charge in [0, 0.05) is 40.0 Å². The summed E-state index contributed by atoms with van der Waals surface area (Å²) in [6.07, 6.45) is 6.71. The third-order valence-corrected chi connectivity index (χ3v) is 10.4. The largest absolute Gasteiger partial charge is 0.350 e. The van der Waals surface area contributed by atoms with E-state index in [2.05, 4.69) is 20.9 Å². The Morgan fingerprint density at radius 2 is 1.86 bits per heavy atom. The molecule has 12 heteroatoms. The van der Waals surface area contributed by atoms with Crippen LogP contribution in [0.1, 0.15) is 68.3 Å². The maximum absolute atomic E-state index is 14.0. The highest BCUT2D eigenvalue weighted by Crippen LogP contribution is 2.46. The molecule has 4 amide bonds. The summed E-state index contributed by atoms with van der Waals surface area (Å²) in [6.45, 7) is 0.416. The molecular weight excluding hydrogens is 581 g/mol. The summed E-state index contributed by atoms with van der Waals surface area (Å²) in [5, 5.41) is 10.1. The third kappa shape index (κ3) is 5.06. The lowest BCUT2D eigenvalue weighted by atomic mass is 9.91. The van der Waals surface area contributed by atoms with Gasteiger partial charge in [-0.1, -0.05) is 29.6 Å². The van der Waals surface area contributed by atoms with Crippen molar-refractivity contribution in [2.75, 3.05) is 6.54 Å². The van der Waals surface area contributed by atoms with Gasteiger partial charge in [0.15, 0.2) is 0 Å². The molecule has 4 N–H and O–H groups in total. The van der Waals surface area contributed by atoms with Crippen molar-refractivity contribution in [3.8, 4) is 0 Å². The number of aromatic amines is 1. The smallest absolute Gasteiger partial charge is 0.289 e. The van der Waals surface area contributed by atoms with Crippen LogP contribution in [0.25, 0.3) is 10.9 Å². The minimum Gasteiger partial charge on any atom is -0.350 e. The molecule has 1 spiro atoms. The summed E-state index contributed by atoms with van der Waals surface area (Å²) in [7, 11) is 0. The number of benzene rings is 1. The number of amides is 4. The van der Waals surface area contributed by atoms with Gasteiger partial charge < -0.3 is 25.8 Å². The molecule has 3 saturated carbocycles. The molecule has 222 valence electrons. The highest BCUT2D eigenvalue weighted by Gasteiger charge is 2.54. The summed E-state index contributed by atoms with van der Waals surface area (Å²) in [5.74, 6) is -2.81. The molecule has 5 atom stereocenters. The molecule has 2 aromatic rings. The summed E-state index contributed by atoms with van der Waals surface area (Å²) >= 11 is 12.5. The number of nitrogens with zero attached hydrogens (tertiary/aromatic N) is 1. The minimum atomic E-state index is -1.16. The van der Waals surface area contributed by atoms with E-state index in [-0.39, 0.29) is 41.7 Å². The van der Waals surface area contributed by atoms with Crippen molar-refractivity contribution in [1.82, 2.24) is 25.8 Å². The maximum atomic E-state index is 14.0. The van der Waals surface area contributed by atoms with Gasteiger partial charge in [-0.3, -0.25) is 24.0 Å². The number of ketones is 1. The molecule has 1 aromatic heterocycles. The van der Waals surface area contributed by atoms with Gasteiger partial charge in [0.25, 0.3) is 11.8 Å². The standard InChI is InChI=1S/C30H33Cl2N5O5/c31-16-9-20(32)19-11-23(34-21(19)10-16)29(42)37-13-14-2-1-3-18(14)24(37)27(40)35-22(25(38)28(41)33-17-4-5-17)8-15-12-30(6-7-30)36-26(15)39/h9-11,14-15,17-18,22,24,34H,1-8,12-13H2,(H,33,41)(H,35,40)(H,36,39)/t14-,15-,18-,22?,24-/m0/s1. The number of nitrogens with one attached hydrogen (secondary N) is 4. The van der Waals surface area contributed by atoms with Crippen molar-refractivity contribution in [3.05, 3.63) is 33.9 Å². The number of rotatable bonds is 8. The van der Waals surface area contributed by atoms with Crippen molar-refractivity contribution in [2.45, 2.75) is 81.5 Å². The molecule has 3 heterocycles. The van der Waals surface area contributed by atoms with Gasteiger partial charge in [0.1, 0.15) is 11.7 Å². The van der Waals surface area contributed by atoms with Crippen molar-refractivity contribution < 1.29 is 24.0 Å². The van der Waals surface area contributed by atoms with E-state index in [1.54, 1.807) is 23.1 Å². The van der Waals surface area contributed by atoms with E-state index in [4.69, 9.17) is 23.2 Å². The number of fused-ring (bicyclic) bond motifs is 2. The second-order valence-electron chi connectivity index (χ2n) is 12.9. The van der Waals surface area contributed by atoms with Crippen LogP contribution in [0.5, 0.6) is 0 Å². The Hall–Kier alpha value is -3.11. The number of likely N-dealkylation sites (tertiary alicyclic amines) is 1. The van der Waals surface area contributed by atoms with Crippen molar-refractivity contribution in [2.24, 2.45) is 17.8 Å². The zero-order valence-electron chi connectivity index (χ0n) is 23.0. The Kier molecular flexibility index (Phi) is 6.77. The topological polar surface area (TPSA) is 140 Å². The van der Waals surface area contributed by atoms with Gasteiger partial charge in [-0.25, -0.2) is 0 Å². The lowest BCUT2D eigenvalue weighted by molar-refractivity contribution is -0.141. The monoisotopic (exact) mass is 613 g/mol. The number of hydrogen-bond acceptors (Lipinski definition) is 5. The number of halogens is 2. The van der Waals surface area contributed by atoms with Gasteiger partial charge in [-0.05, 0) is 81.4 Å². The third-order valence-electron chi connectivity index (χ3n) is 9.84. The fourth-order valence-electron chi connectivity index (χ4n) is 7.35. The molecule has 2 aliphatic heterocycles. The first-order chi connectivity index (χ1) is 20.1. The zero-order chi connectivity index (χ0) is 29.3. The van der Waals surface area contributed by atoms with E-state index in [9.17, 15) is 24.0 Å². The maximum Gasteiger partial charge on any atom is 0.289 e. The molecule has 0 bridgehead atoms. The first kappa shape index (κ1) is 27.7. The first-order valence-electron chi connectivity index (χ1n) is 14.9. The van der Waals surface area contributed by atoms with Gasteiger partial charge >= 0.3 is 0 Å². The summed E-state index contributed by atoms with van der Waals surface area (Å²) in [6, 6.07) is 2.98. The van der Waals surface area contributed by atoms with E-state index in [0.29, 0.717) is 39.6 Å². The number of aromatic nitrogens is 1. The summed E-state index contributed by atoms with van der Waals surface area (Å²) < 4.78 is 0. The van der Waals surface area contributed by atoms with E-state index in [1.165, 1.54) is 0 Å². The van der Waals surface area contributed by atoms with Crippen LogP contribution in [0, 0.1) is 17.8 Å². The van der Waals surface area contributed by atoms with Gasteiger partial charge in [0.2, 0.25) is 17.6 Å². The molecule has 5 fully saturated rings. The Bertz CT molecular complexity index is 1510. The Morgan fingerprint density at radius 1 is 1.07 bits per heavy atom. The number of carbonyl (C=O) groups is 5. The average Bonchev–Trinajstić information content (AvgIpc) is 3.68. The van der Waals surface area contributed by atoms with Crippen LogP contribution < -0.4 is 16.0 Å². The van der Waals surface area contributed by atoms with E-state index >= 15 is 0 Å². The van der Waals surface area contributed by atoms with Crippen LogP contribution in [0.3, 0.4) is 0 Å². The normalized spacial score (nSPS) is 28.0. The van der Waals surface area contributed by atoms with Crippen molar-refractivity contribution >= 4 is 63.5 Å². The van der Waals surface area contributed by atoms with E-state index in [1.807, 2.05) is 0 Å². The van der Waals surface area contributed by atoms with Crippen molar-refractivity contribution in [1.29, 1.82) is 0 Å². The zero-order valence-corrected chi connectivity index (χ0v) is 24.5. The summed E-state index contributed by atoms with van der Waals surface area (Å²) in [4.78, 5) is 71.5. The average molecular weight is 615 g/mol. The second kappa shape index (κ2) is 10.3. The fraction of sp³-hybridized carbons (Fsp3) is 0.567. The van der Waals surface area contributed by atoms with E-state index < -0.39 is 35.6 Å². The molecular formula is C30H33Cl2N5O5. The van der Waals surface area contributed by atoms with Crippen LogP contribution in [0.4, 0.5) is 0 Å². The molecule has 2 saturated heterocycles. The molecule has 1 unspecified atom stereocenters.